The predicted octanol–water partition coefficient (Wildman–Crippen LogP) is 5.29. The molecule has 0 unspecified atom stereocenters. The second kappa shape index (κ2) is 4.75. The second-order valence-corrected chi connectivity index (χ2v) is 5.77. The molecule has 0 aliphatic rings. The Kier molecular flexibility index (Phi) is 3.33. The van der Waals surface area contributed by atoms with E-state index in [0.29, 0.717) is 5.41 Å². The average molecular weight is 224 g/mol. The Balaban J connectivity index is 2.20. The molecule has 0 heteroatoms. The summed E-state index contributed by atoms with van der Waals surface area (Å²) in [6.07, 6.45) is 5.60. The normalized spacial score (nSPS) is 12.4. The van der Waals surface area contributed by atoms with Gasteiger partial charge in [0.1, 0.15) is 0 Å². The van der Waals surface area contributed by atoms with E-state index in [0.717, 1.165) is 6.42 Å². The fraction of sp³-hybridized carbons (Fsp3) is 0.294. The first kappa shape index (κ1) is 11.9. The van der Waals surface area contributed by atoms with Gasteiger partial charge < -0.3 is 0 Å². The Morgan fingerprint density at radius 1 is 0.941 bits per heavy atom. The minimum absolute atomic E-state index is 0.368. The van der Waals surface area contributed by atoms with E-state index in [1.54, 1.807) is 0 Å². The van der Waals surface area contributed by atoms with Crippen molar-refractivity contribution in [2.75, 3.05) is 0 Å². The first-order chi connectivity index (χ1) is 8.04. The second-order valence-electron chi connectivity index (χ2n) is 5.77. The third kappa shape index (κ3) is 3.45. The van der Waals surface area contributed by atoms with Crippen LogP contribution in [0.5, 0.6) is 0 Å². The van der Waals surface area contributed by atoms with Gasteiger partial charge in [-0.3, -0.25) is 0 Å². The summed E-state index contributed by atoms with van der Waals surface area (Å²) in [6.45, 7) is 6.78. The summed E-state index contributed by atoms with van der Waals surface area (Å²) in [5, 5.41) is 2.62. The zero-order valence-corrected chi connectivity index (χ0v) is 10.9. The van der Waals surface area contributed by atoms with Gasteiger partial charge in [-0.1, -0.05) is 69.3 Å². The van der Waals surface area contributed by atoms with Crippen LogP contribution in [0.15, 0.2) is 48.5 Å². The van der Waals surface area contributed by atoms with Gasteiger partial charge in [0.25, 0.3) is 0 Å². The summed E-state index contributed by atoms with van der Waals surface area (Å²) in [7, 11) is 0. The quantitative estimate of drug-likeness (QED) is 0.650. The third-order valence-electron chi connectivity index (χ3n) is 2.81. The molecular formula is C17H20. The molecule has 0 spiro atoms. The Hall–Kier alpha value is -1.56. The SMILES string of the molecule is CC(C)(C)C/C=C/c1ccc2ccccc2c1. The molecule has 0 saturated carbocycles. The van der Waals surface area contributed by atoms with E-state index in [9.17, 15) is 0 Å². The van der Waals surface area contributed by atoms with E-state index in [1.807, 2.05) is 0 Å². The number of hydrogen-bond donors (Lipinski definition) is 0. The summed E-state index contributed by atoms with van der Waals surface area (Å²) >= 11 is 0. The van der Waals surface area contributed by atoms with Crippen molar-refractivity contribution >= 4 is 16.8 Å². The van der Waals surface area contributed by atoms with Crippen molar-refractivity contribution in [3.8, 4) is 0 Å². The molecular weight excluding hydrogens is 204 g/mol. The molecule has 0 radical (unpaired) electrons. The van der Waals surface area contributed by atoms with Crippen molar-refractivity contribution in [1.82, 2.24) is 0 Å². The van der Waals surface area contributed by atoms with Gasteiger partial charge in [0, 0.05) is 0 Å². The Bertz CT molecular complexity index is 527. The molecule has 0 nitrogen and oxygen atoms in total. The Morgan fingerprint density at radius 2 is 1.65 bits per heavy atom. The van der Waals surface area contributed by atoms with Crippen molar-refractivity contribution < 1.29 is 0 Å². The molecule has 88 valence electrons. The van der Waals surface area contributed by atoms with Crippen LogP contribution in [0, 0.1) is 5.41 Å². The molecule has 0 N–H and O–H groups in total. The molecule has 0 bridgehead atoms. The van der Waals surface area contributed by atoms with Gasteiger partial charge in [-0.05, 0) is 34.2 Å². The highest BCUT2D eigenvalue weighted by Gasteiger charge is 2.06. The summed E-state index contributed by atoms with van der Waals surface area (Å²) < 4.78 is 0. The number of hydrogen-bond acceptors (Lipinski definition) is 0. The van der Waals surface area contributed by atoms with Crippen molar-refractivity contribution in [1.29, 1.82) is 0 Å². The maximum absolute atomic E-state index is 2.27. The Morgan fingerprint density at radius 3 is 2.35 bits per heavy atom. The van der Waals surface area contributed by atoms with Gasteiger partial charge in [-0.2, -0.15) is 0 Å². The maximum Gasteiger partial charge on any atom is -0.0178 e. The zero-order valence-electron chi connectivity index (χ0n) is 10.9. The molecule has 0 amide bonds. The third-order valence-corrected chi connectivity index (χ3v) is 2.81. The molecule has 0 heterocycles. The fourth-order valence-corrected chi connectivity index (χ4v) is 1.86. The van der Waals surface area contributed by atoms with Crippen LogP contribution in [-0.4, -0.2) is 0 Å². The lowest BCUT2D eigenvalue weighted by Gasteiger charge is -2.14. The Labute approximate surface area is 104 Å². The van der Waals surface area contributed by atoms with E-state index in [4.69, 9.17) is 0 Å². The smallest absolute Gasteiger partial charge is 0.0178 e. The van der Waals surface area contributed by atoms with E-state index < -0.39 is 0 Å². The number of allylic oxidation sites excluding steroid dienone is 1. The first-order valence-electron chi connectivity index (χ1n) is 6.20. The lowest BCUT2D eigenvalue weighted by atomic mass is 9.92. The van der Waals surface area contributed by atoms with Gasteiger partial charge in [0.15, 0.2) is 0 Å². The minimum Gasteiger partial charge on any atom is -0.0834 e. The molecule has 17 heavy (non-hydrogen) atoms. The standard InChI is InChI=1S/C17H20/c1-17(2,3)12-6-7-14-10-11-15-8-4-5-9-16(15)13-14/h4-11,13H,12H2,1-3H3/b7-6+. The van der Waals surface area contributed by atoms with Crippen molar-refractivity contribution in [2.45, 2.75) is 27.2 Å². The molecule has 2 aromatic rings. The summed E-state index contributed by atoms with van der Waals surface area (Å²) in [5.41, 5.74) is 1.65. The number of rotatable bonds is 2. The average Bonchev–Trinajstić information content (AvgIpc) is 2.27. The fourth-order valence-electron chi connectivity index (χ4n) is 1.86. The highest BCUT2D eigenvalue weighted by molar-refractivity contribution is 5.84. The molecule has 0 aromatic heterocycles. The van der Waals surface area contributed by atoms with Crippen LogP contribution in [0.1, 0.15) is 32.8 Å². The van der Waals surface area contributed by atoms with Crippen LogP contribution in [0.2, 0.25) is 0 Å². The molecule has 0 aliphatic heterocycles. The van der Waals surface area contributed by atoms with Gasteiger partial charge in [-0.15, -0.1) is 0 Å². The van der Waals surface area contributed by atoms with Crippen LogP contribution in [0.4, 0.5) is 0 Å². The lowest BCUT2D eigenvalue weighted by molar-refractivity contribution is 0.421. The summed E-state index contributed by atoms with van der Waals surface area (Å²) in [5.74, 6) is 0. The number of fused-ring (bicyclic) bond motifs is 1. The highest BCUT2D eigenvalue weighted by Crippen LogP contribution is 2.21. The predicted molar refractivity (Wildman–Crippen MR) is 77.1 cm³/mol. The highest BCUT2D eigenvalue weighted by atomic mass is 14.1. The molecule has 0 aliphatic carbocycles. The van der Waals surface area contributed by atoms with Crippen LogP contribution in [-0.2, 0) is 0 Å². The number of benzene rings is 2. The van der Waals surface area contributed by atoms with Gasteiger partial charge in [-0.25, -0.2) is 0 Å². The van der Waals surface area contributed by atoms with Crippen LogP contribution < -0.4 is 0 Å². The lowest BCUT2D eigenvalue weighted by Crippen LogP contribution is -2.01. The van der Waals surface area contributed by atoms with Crippen LogP contribution >= 0.6 is 0 Å². The molecule has 2 aromatic carbocycles. The minimum atomic E-state index is 0.368. The van der Waals surface area contributed by atoms with Crippen LogP contribution in [0.3, 0.4) is 0 Å². The van der Waals surface area contributed by atoms with Crippen LogP contribution in [0.25, 0.3) is 16.8 Å². The summed E-state index contributed by atoms with van der Waals surface area (Å²) in [4.78, 5) is 0. The molecule has 0 saturated heterocycles. The largest absolute Gasteiger partial charge is 0.0834 e. The van der Waals surface area contributed by atoms with Crippen molar-refractivity contribution in [3.63, 3.8) is 0 Å². The zero-order chi connectivity index (χ0) is 12.3. The van der Waals surface area contributed by atoms with Gasteiger partial charge in [0.2, 0.25) is 0 Å². The summed E-state index contributed by atoms with van der Waals surface area (Å²) in [6, 6.07) is 15.1. The van der Waals surface area contributed by atoms with Crippen molar-refractivity contribution in [3.05, 3.63) is 54.1 Å². The molecule has 2 rings (SSSR count). The molecule has 0 atom stereocenters. The molecule has 0 fully saturated rings. The van der Waals surface area contributed by atoms with E-state index >= 15 is 0 Å². The van der Waals surface area contributed by atoms with Gasteiger partial charge in [0.05, 0.1) is 0 Å². The van der Waals surface area contributed by atoms with E-state index in [1.165, 1.54) is 16.3 Å². The van der Waals surface area contributed by atoms with E-state index in [-0.39, 0.29) is 0 Å². The van der Waals surface area contributed by atoms with E-state index in [2.05, 4.69) is 75.4 Å². The topological polar surface area (TPSA) is 0 Å². The maximum atomic E-state index is 2.27. The van der Waals surface area contributed by atoms with Crippen molar-refractivity contribution in [2.24, 2.45) is 5.41 Å². The monoisotopic (exact) mass is 224 g/mol. The van der Waals surface area contributed by atoms with Gasteiger partial charge >= 0.3 is 0 Å². The first-order valence-corrected chi connectivity index (χ1v) is 6.20.